The van der Waals surface area contributed by atoms with Crippen molar-refractivity contribution in [2.75, 3.05) is 0 Å². The first-order valence-electron chi connectivity index (χ1n) is 6.59. The minimum absolute atomic E-state index is 0.108. The lowest BCUT2D eigenvalue weighted by molar-refractivity contribution is 0.0950. The van der Waals surface area contributed by atoms with E-state index in [4.69, 9.17) is 5.73 Å². The Hall–Kier alpha value is -2.20. The predicted octanol–water partition coefficient (Wildman–Crippen LogP) is 2.09. The average Bonchev–Trinajstić information content (AvgIpc) is 2.48. The summed E-state index contributed by atoms with van der Waals surface area (Å²) in [7, 11) is 0. The number of benzene rings is 1. The van der Waals surface area contributed by atoms with E-state index in [9.17, 15) is 4.79 Å². The second-order valence-electron chi connectivity index (χ2n) is 4.85. The van der Waals surface area contributed by atoms with Crippen LogP contribution in [0.3, 0.4) is 0 Å². The summed E-state index contributed by atoms with van der Waals surface area (Å²) < 4.78 is 0. The maximum atomic E-state index is 12.1. The van der Waals surface area contributed by atoms with Crippen LogP contribution in [0.25, 0.3) is 0 Å². The molecule has 0 atom stereocenters. The van der Waals surface area contributed by atoms with Crippen LogP contribution in [0.2, 0.25) is 0 Å². The van der Waals surface area contributed by atoms with Gasteiger partial charge >= 0.3 is 0 Å². The van der Waals surface area contributed by atoms with Gasteiger partial charge in [-0.05, 0) is 37.1 Å². The second kappa shape index (κ2) is 6.30. The number of carbonyl (C=O) groups excluding carboxylic acids is 1. The number of nitrogens with zero attached hydrogens (tertiary/aromatic N) is 1. The molecule has 4 nitrogen and oxygen atoms in total. The van der Waals surface area contributed by atoms with Crippen LogP contribution in [0.1, 0.15) is 32.7 Å². The molecule has 0 bridgehead atoms. The second-order valence-corrected chi connectivity index (χ2v) is 4.85. The van der Waals surface area contributed by atoms with Crippen molar-refractivity contribution in [1.82, 2.24) is 10.3 Å². The van der Waals surface area contributed by atoms with Crippen LogP contribution in [-0.4, -0.2) is 10.9 Å². The Labute approximate surface area is 119 Å². The summed E-state index contributed by atoms with van der Waals surface area (Å²) >= 11 is 0. The number of aromatic nitrogens is 1. The highest BCUT2D eigenvalue weighted by Crippen LogP contribution is 2.10. The standard InChI is InChI=1S/C16H19N3O/c1-11-3-4-12(2)14(7-11)10-19-16(20)13-5-6-18-15(8-13)9-17/h3-8H,9-10,17H2,1-2H3,(H,19,20). The quantitative estimate of drug-likeness (QED) is 0.893. The SMILES string of the molecule is Cc1ccc(C)c(CNC(=O)c2ccnc(CN)c2)c1. The van der Waals surface area contributed by atoms with Crippen LogP contribution in [-0.2, 0) is 13.1 Å². The van der Waals surface area contributed by atoms with Crippen LogP contribution >= 0.6 is 0 Å². The van der Waals surface area contributed by atoms with Crippen molar-refractivity contribution in [3.8, 4) is 0 Å². The molecule has 0 aliphatic heterocycles. The average molecular weight is 269 g/mol. The molecule has 2 aromatic rings. The molecule has 0 unspecified atom stereocenters. The van der Waals surface area contributed by atoms with Gasteiger partial charge in [0, 0.05) is 24.8 Å². The number of hydrogen-bond donors (Lipinski definition) is 2. The molecule has 0 saturated carbocycles. The number of pyridine rings is 1. The lowest BCUT2D eigenvalue weighted by atomic mass is 10.1. The summed E-state index contributed by atoms with van der Waals surface area (Å²) in [5, 5.41) is 2.93. The first kappa shape index (κ1) is 14.2. The van der Waals surface area contributed by atoms with Gasteiger partial charge in [0.15, 0.2) is 0 Å². The third-order valence-electron chi connectivity index (χ3n) is 3.23. The molecule has 1 aromatic carbocycles. The van der Waals surface area contributed by atoms with Crippen molar-refractivity contribution in [3.63, 3.8) is 0 Å². The van der Waals surface area contributed by atoms with Crippen molar-refractivity contribution in [2.24, 2.45) is 5.73 Å². The fourth-order valence-corrected chi connectivity index (χ4v) is 2.00. The Morgan fingerprint density at radius 2 is 2.05 bits per heavy atom. The molecule has 0 aliphatic rings. The van der Waals surface area contributed by atoms with E-state index in [0.717, 1.165) is 5.56 Å². The zero-order valence-corrected chi connectivity index (χ0v) is 11.8. The summed E-state index contributed by atoms with van der Waals surface area (Å²) in [6.07, 6.45) is 1.61. The normalized spacial score (nSPS) is 10.3. The number of aryl methyl sites for hydroxylation is 2. The van der Waals surface area contributed by atoms with Gasteiger partial charge in [-0.1, -0.05) is 23.8 Å². The van der Waals surface area contributed by atoms with Gasteiger partial charge in [0.1, 0.15) is 0 Å². The van der Waals surface area contributed by atoms with Gasteiger partial charge in [-0.15, -0.1) is 0 Å². The minimum atomic E-state index is -0.108. The fraction of sp³-hybridized carbons (Fsp3) is 0.250. The maximum absolute atomic E-state index is 12.1. The molecular formula is C16H19N3O. The molecule has 1 aromatic heterocycles. The largest absolute Gasteiger partial charge is 0.348 e. The van der Waals surface area contributed by atoms with E-state index in [-0.39, 0.29) is 5.91 Å². The Kier molecular flexibility index (Phi) is 4.48. The summed E-state index contributed by atoms with van der Waals surface area (Å²) in [6, 6.07) is 9.64. The highest BCUT2D eigenvalue weighted by Gasteiger charge is 2.07. The highest BCUT2D eigenvalue weighted by molar-refractivity contribution is 5.94. The zero-order valence-electron chi connectivity index (χ0n) is 11.8. The zero-order chi connectivity index (χ0) is 14.5. The Bertz CT molecular complexity index is 623. The first-order chi connectivity index (χ1) is 9.60. The van der Waals surface area contributed by atoms with E-state index in [1.54, 1.807) is 18.3 Å². The lowest BCUT2D eigenvalue weighted by Crippen LogP contribution is -2.23. The van der Waals surface area contributed by atoms with E-state index in [1.807, 2.05) is 13.8 Å². The molecular weight excluding hydrogens is 250 g/mol. The summed E-state index contributed by atoms with van der Waals surface area (Å²) in [5.74, 6) is -0.108. The number of hydrogen-bond acceptors (Lipinski definition) is 3. The van der Waals surface area contributed by atoms with Crippen molar-refractivity contribution < 1.29 is 4.79 Å². The van der Waals surface area contributed by atoms with Gasteiger partial charge < -0.3 is 11.1 Å². The smallest absolute Gasteiger partial charge is 0.251 e. The minimum Gasteiger partial charge on any atom is -0.348 e. The molecule has 0 fully saturated rings. The molecule has 20 heavy (non-hydrogen) atoms. The van der Waals surface area contributed by atoms with Crippen molar-refractivity contribution in [1.29, 1.82) is 0 Å². The van der Waals surface area contributed by atoms with E-state index < -0.39 is 0 Å². The van der Waals surface area contributed by atoms with E-state index >= 15 is 0 Å². The Morgan fingerprint density at radius 3 is 2.80 bits per heavy atom. The van der Waals surface area contributed by atoms with Crippen LogP contribution in [0.4, 0.5) is 0 Å². The number of rotatable bonds is 4. The first-order valence-corrected chi connectivity index (χ1v) is 6.59. The third-order valence-corrected chi connectivity index (χ3v) is 3.23. The van der Waals surface area contributed by atoms with E-state index in [1.165, 1.54) is 11.1 Å². The van der Waals surface area contributed by atoms with E-state index in [2.05, 4.69) is 28.5 Å². The van der Waals surface area contributed by atoms with Gasteiger partial charge in [0.2, 0.25) is 0 Å². The van der Waals surface area contributed by atoms with E-state index in [0.29, 0.717) is 24.3 Å². The van der Waals surface area contributed by atoms with Crippen LogP contribution in [0, 0.1) is 13.8 Å². The highest BCUT2D eigenvalue weighted by atomic mass is 16.1. The molecule has 1 amide bonds. The summed E-state index contributed by atoms with van der Waals surface area (Å²) in [4.78, 5) is 16.2. The number of nitrogens with two attached hydrogens (primary N) is 1. The molecule has 4 heteroatoms. The molecule has 0 spiro atoms. The van der Waals surface area contributed by atoms with Crippen LogP contribution < -0.4 is 11.1 Å². The molecule has 2 rings (SSSR count). The molecule has 0 radical (unpaired) electrons. The molecule has 1 heterocycles. The number of carbonyl (C=O) groups is 1. The van der Waals surface area contributed by atoms with Crippen LogP contribution in [0.5, 0.6) is 0 Å². The fourth-order valence-electron chi connectivity index (χ4n) is 2.00. The van der Waals surface area contributed by atoms with Crippen molar-refractivity contribution in [2.45, 2.75) is 26.9 Å². The van der Waals surface area contributed by atoms with Gasteiger partial charge in [-0.3, -0.25) is 9.78 Å². The summed E-state index contributed by atoms with van der Waals surface area (Å²) in [6.45, 7) is 4.94. The van der Waals surface area contributed by atoms with Gasteiger partial charge in [-0.25, -0.2) is 0 Å². The number of amides is 1. The van der Waals surface area contributed by atoms with Gasteiger partial charge in [-0.2, -0.15) is 0 Å². The van der Waals surface area contributed by atoms with Crippen LogP contribution in [0.15, 0.2) is 36.5 Å². The topological polar surface area (TPSA) is 68.0 Å². The molecule has 104 valence electrons. The Morgan fingerprint density at radius 1 is 1.25 bits per heavy atom. The van der Waals surface area contributed by atoms with Gasteiger partial charge in [0.05, 0.1) is 5.69 Å². The monoisotopic (exact) mass is 269 g/mol. The molecule has 0 saturated heterocycles. The van der Waals surface area contributed by atoms with Crippen molar-refractivity contribution >= 4 is 5.91 Å². The predicted molar refractivity (Wildman–Crippen MR) is 79.2 cm³/mol. The maximum Gasteiger partial charge on any atom is 0.251 e. The Balaban J connectivity index is 2.06. The van der Waals surface area contributed by atoms with Crippen molar-refractivity contribution in [3.05, 3.63) is 64.5 Å². The number of nitrogens with one attached hydrogen (secondary N) is 1. The summed E-state index contributed by atoms with van der Waals surface area (Å²) in [5.41, 5.74) is 10.3. The molecule has 3 N–H and O–H groups in total. The third kappa shape index (κ3) is 3.42. The van der Waals surface area contributed by atoms with Gasteiger partial charge in [0.25, 0.3) is 5.91 Å². The molecule has 0 aliphatic carbocycles. The lowest BCUT2D eigenvalue weighted by Gasteiger charge is -2.09.